The van der Waals surface area contributed by atoms with Crippen molar-refractivity contribution in [3.8, 4) is 6.07 Å². The van der Waals surface area contributed by atoms with E-state index < -0.39 is 10.0 Å². The molecule has 0 saturated heterocycles. The molecule has 0 aliphatic carbocycles. The summed E-state index contributed by atoms with van der Waals surface area (Å²) in [5.74, 6) is -0.354. The lowest BCUT2D eigenvalue weighted by Crippen LogP contribution is -2.31. The van der Waals surface area contributed by atoms with Crippen molar-refractivity contribution in [1.29, 1.82) is 5.26 Å². The van der Waals surface area contributed by atoms with Crippen LogP contribution in [0.1, 0.15) is 30.6 Å². The van der Waals surface area contributed by atoms with Crippen molar-refractivity contribution in [3.63, 3.8) is 0 Å². The maximum absolute atomic E-state index is 12.6. The van der Waals surface area contributed by atoms with Gasteiger partial charge < -0.3 is 4.90 Å². The molecule has 0 atom stereocenters. The van der Waals surface area contributed by atoms with Crippen LogP contribution >= 0.6 is 11.6 Å². The average molecular weight is 358 g/mol. The molecule has 1 rings (SSSR count). The first-order valence-electron chi connectivity index (χ1n) is 7.21. The van der Waals surface area contributed by atoms with Gasteiger partial charge in [0.15, 0.2) is 0 Å². The molecule has 6 nitrogen and oxygen atoms in total. The van der Waals surface area contributed by atoms with Crippen LogP contribution in [0.5, 0.6) is 0 Å². The van der Waals surface area contributed by atoms with E-state index in [0.29, 0.717) is 13.1 Å². The molecule has 0 aromatic heterocycles. The first-order chi connectivity index (χ1) is 10.8. The maximum atomic E-state index is 12.6. The van der Waals surface area contributed by atoms with Crippen LogP contribution in [0.25, 0.3) is 0 Å². The van der Waals surface area contributed by atoms with Crippen LogP contribution in [-0.2, 0) is 10.0 Å². The van der Waals surface area contributed by atoms with Crippen LogP contribution in [0.2, 0.25) is 5.02 Å². The van der Waals surface area contributed by atoms with Crippen LogP contribution in [0.3, 0.4) is 0 Å². The monoisotopic (exact) mass is 357 g/mol. The Kier molecular flexibility index (Phi) is 7.01. The molecule has 0 aliphatic heterocycles. The third kappa shape index (κ3) is 4.44. The summed E-state index contributed by atoms with van der Waals surface area (Å²) in [6.07, 6.45) is 0.209. The summed E-state index contributed by atoms with van der Waals surface area (Å²) in [6, 6.07) is 6.14. The molecule has 0 fully saturated rings. The van der Waals surface area contributed by atoms with Crippen molar-refractivity contribution in [2.24, 2.45) is 0 Å². The van der Waals surface area contributed by atoms with Crippen LogP contribution in [0.15, 0.2) is 23.1 Å². The van der Waals surface area contributed by atoms with Crippen molar-refractivity contribution >= 4 is 27.5 Å². The Hall–Kier alpha value is -1.62. The van der Waals surface area contributed by atoms with Gasteiger partial charge in [-0.05, 0) is 18.2 Å². The molecule has 0 spiro atoms. The van der Waals surface area contributed by atoms with Gasteiger partial charge in [0.2, 0.25) is 10.0 Å². The molecule has 23 heavy (non-hydrogen) atoms. The van der Waals surface area contributed by atoms with E-state index in [4.69, 9.17) is 16.9 Å². The summed E-state index contributed by atoms with van der Waals surface area (Å²) >= 11 is 6.03. The minimum absolute atomic E-state index is 0.0770. The van der Waals surface area contributed by atoms with E-state index in [2.05, 4.69) is 0 Å². The lowest BCUT2D eigenvalue weighted by atomic mass is 10.2. The highest BCUT2D eigenvalue weighted by molar-refractivity contribution is 7.89. The minimum atomic E-state index is -3.75. The zero-order valence-corrected chi connectivity index (χ0v) is 15.0. The highest BCUT2D eigenvalue weighted by Crippen LogP contribution is 2.26. The predicted molar refractivity (Wildman–Crippen MR) is 88.7 cm³/mol. The molecule has 0 N–H and O–H groups in total. The molecule has 0 bridgehead atoms. The number of benzene rings is 1. The normalized spacial score (nSPS) is 11.3. The van der Waals surface area contributed by atoms with Crippen molar-refractivity contribution in [1.82, 2.24) is 9.21 Å². The number of hydrogen-bond acceptors (Lipinski definition) is 4. The third-order valence-electron chi connectivity index (χ3n) is 3.41. The molecule has 1 aromatic rings. The first-order valence-corrected chi connectivity index (χ1v) is 9.03. The summed E-state index contributed by atoms with van der Waals surface area (Å²) < 4.78 is 26.5. The quantitative estimate of drug-likeness (QED) is 0.750. The van der Waals surface area contributed by atoms with Crippen molar-refractivity contribution < 1.29 is 13.2 Å². The number of sulfonamides is 1. The second-order valence-corrected chi connectivity index (χ2v) is 7.18. The number of nitrogens with zero attached hydrogens (tertiary/aromatic N) is 3. The van der Waals surface area contributed by atoms with E-state index in [1.807, 2.05) is 6.07 Å². The number of carbonyl (C=O) groups is 1. The molecule has 1 aromatic carbocycles. The van der Waals surface area contributed by atoms with E-state index in [9.17, 15) is 13.2 Å². The van der Waals surface area contributed by atoms with Crippen LogP contribution in [-0.4, -0.2) is 50.2 Å². The van der Waals surface area contributed by atoms with Gasteiger partial charge in [0.25, 0.3) is 5.91 Å². The van der Waals surface area contributed by atoms with Gasteiger partial charge in [-0.15, -0.1) is 0 Å². The Morgan fingerprint density at radius 3 is 2.43 bits per heavy atom. The number of nitriles is 1. The van der Waals surface area contributed by atoms with Gasteiger partial charge in [-0.3, -0.25) is 4.79 Å². The smallest absolute Gasteiger partial charge is 0.253 e. The average Bonchev–Trinajstić information content (AvgIpc) is 2.53. The Labute approximate surface area is 142 Å². The lowest BCUT2D eigenvalue weighted by molar-refractivity contribution is 0.0798. The van der Waals surface area contributed by atoms with Crippen molar-refractivity contribution in [2.45, 2.75) is 25.2 Å². The van der Waals surface area contributed by atoms with E-state index in [-0.39, 0.29) is 34.4 Å². The zero-order valence-electron chi connectivity index (χ0n) is 13.4. The number of hydrogen-bond donors (Lipinski definition) is 0. The molecule has 1 amide bonds. The SMILES string of the molecule is CCN(CC)S(=O)(=O)c1cc(C(=O)N(C)CCC#N)ccc1Cl. The third-order valence-corrected chi connectivity index (χ3v) is 5.94. The standard InChI is InChI=1S/C15H20ClN3O3S/c1-4-19(5-2)23(21,22)14-11-12(7-8-13(14)16)15(20)18(3)10-6-9-17/h7-8,11H,4-6,10H2,1-3H3. The Morgan fingerprint density at radius 2 is 1.91 bits per heavy atom. The van der Waals surface area contributed by atoms with Crippen LogP contribution in [0.4, 0.5) is 0 Å². The summed E-state index contributed by atoms with van der Waals surface area (Å²) in [5, 5.41) is 8.66. The van der Waals surface area contributed by atoms with Gasteiger partial charge in [-0.2, -0.15) is 9.57 Å². The summed E-state index contributed by atoms with van der Waals surface area (Å²) in [4.78, 5) is 13.6. The topological polar surface area (TPSA) is 81.5 Å². The Morgan fingerprint density at radius 1 is 1.30 bits per heavy atom. The Bertz CT molecular complexity index is 709. The van der Waals surface area contributed by atoms with Crippen LogP contribution in [0, 0.1) is 11.3 Å². The minimum Gasteiger partial charge on any atom is -0.341 e. The van der Waals surface area contributed by atoms with Gasteiger partial charge in [0.05, 0.1) is 17.5 Å². The van der Waals surface area contributed by atoms with E-state index in [1.54, 1.807) is 20.9 Å². The number of rotatable bonds is 7. The summed E-state index contributed by atoms with van der Waals surface area (Å²) in [5.41, 5.74) is 0.223. The Balaban J connectivity index is 3.24. The van der Waals surface area contributed by atoms with Gasteiger partial charge in [-0.25, -0.2) is 8.42 Å². The van der Waals surface area contributed by atoms with E-state index in [0.717, 1.165) is 0 Å². The molecule has 0 heterocycles. The fourth-order valence-corrected chi connectivity index (χ4v) is 4.03. The van der Waals surface area contributed by atoms with Crippen molar-refractivity contribution in [2.75, 3.05) is 26.7 Å². The van der Waals surface area contributed by atoms with Gasteiger partial charge in [-0.1, -0.05) is 25.4 Å². The fraction of sp³-hybridized carbons (Fsp3) is 0.467. The summed E-state index contributed by atoms with van der Waals surface area (Å²) in [7, 11) is -2.19. The predicted octanol–water partition coefficient (Wildman–Crippen LogP) is 2.36. The van der Waals surface area contributed by atoms with Gasteiger partial charge >= 0.3 is 0 Å². The number of halogens is 1. The fourth-order valence-electron chi connectivity index (χ4n) is 2.08. The van der Waals surface area contributed by atoms with Crippen molar-refractivity contribution in [3.05, 3.63) is 28.8 Å². The largest absolute Gasteiger partial charge is 0.341 e. The molecule has 0 saturated carbocycles. The van der Waals surface area contributed by atoms with Gasteiger partial charge in [0.1, 0.15) is 4.90 Å². The van der Waals surface area contributed by atoms with Gasteiger partial charge in [0, 0.05) is 32.2 Å². The molecule has 0 aliphatic rings. The molecule has 8 heteroatoms. The first kappa shape index (κ1) is 19.4. The molecule has 126 valence electrons. The number of amides is 1. The summed E-state index contributed by atoms with van der Waals surface area (Å²) in [6.45, 7) is 4.38. The lowest BCUT2D eigenvalue weighted by Gasteiger charge is -2.20. The second kappa shape index (κ2) is 8.29. The highest BCUT2D eigenvalue weighted by Gasteiger charge is 2.26. The zero-order chi connectivity index (χ0) is 17.6. The molecule has 0 unspecified atom stereocenters. The molecule has 0 radical (unpaired) electrons. The van der Waals surface area contributed by atoms with Crippen LogP contribution < -0.4 is 0 Å². The van der Waals surface area contributed by atoms with E-state index >= 15 is 0 Å². The highest BCUT2D eigenvalue weighted by atomic mass is 35.5. The van der Waals surface area contributed by atoms with E-state index in [1.165, 1.54) is 27.4 Å². The molecular weight excluding hydrogens is 338 g/mol. The second-order valence-electron chi connectivity index (χ2n) is 4.87. The number of carbonyl (C=O) groups excluding carboxylic acids is 1. The maximum Gasteiger partial charge on any atom is 0.253 e. The molecular formula is C15H20ClN3O3S.